The summed E-state index contributed by atoms with van der Waals surface area (Å²) in [5.41, 5.74) is 1.70. The fraction of sp³-hybridized carbons (Fsp3) is 0.500. The number of carbonyl (C=O) groups is 1. The minimum Gasteiger partial charge on any atom is -0.361 e. The molecular weight excluding hydrogens is 338 g/mol. The van der Waals surface area contributed by atoms with Crippen molar-refractivity contribution in [3.63, 3.8) is 0 Å². The summed E-state index contributed by atoms with van der Waals surface area (Å²) in [4.78, 5) is 17.9. The molecule has 4 rings (SSSR count). The maximum absolute atomic E-state index is 12.5. The molecule has 1 aromatic heterocycles. The average Bonchev–Trinajstić information content (AvgIpc) is 3.20. The predicted octanol–water partition coefficient (Wildman–Crippen LogP) is 1.55. The highest BCUT2D eigenvalue weighted by molar-refractivity contribution is 7.91. The van der Waals surface area contributed by atoms with Crippen molar-refractivity contribution >= 4 is 26.6 Å². The van der Waals surface area contributed by atoms with Gasteiger partial charge in [0, 0.05) is 47.8 Å². The van der Waals surface area contributed by atoms with Gasteiger partial charge in [-0.1, -0.05) is 0 Å². The Hall–Kier alpha value is -1.86. The number of hydrogen-bond acceptors (Lipinski definition) is 4. The van der Waals surface area contributed by atoms with Gasteiger partial charge in [-0.25, -0.2) is 8.42 Å². The number of aromatic nitrogens is 1. The number of aromatic amines is 1. The lowest BCUT2D eigenvalue weighted by Crippen LogP contribution is -2.48. The maximum atomic E-state index is 12.5. The lowest BCUT2D eigenvalue weighted by atomic mass is 10.0. The number of fused-ring (bicyclic) bond motifs is 1. The number of H-pyrrole nitrogens is 1. The van der Waals surface area contributed by atoms with Crippen LogP contribution in [0.5, 0.6) is 0 Å². The zero-order valence-electron chi connectivity index (χ0n) is 14.1. The third kappa shape index (κ3) is 3.57. The van der Waals surface area contributed by atoms with E-state index in [9.17, 15) is 13.2 Å². The predicted molar refractivity (Wildman–Crippen MR) is 97.4 cm³/mol. The first-order valence-corrected chi connectivity index (χ1v) is 10.6. The Morgan fingerprint density at radius 3 is 2.68 bits per heavy atom. The molecule has 0 radical (unpaired) electrons. The molecule has 6 nitrogen and oxygen atoms in total. The van der Waals surface area contributed by atoms with Crippen molar-refractivity contribution in [3.05, 3.63) is 36.0 Å². The second kappa shape index (κ2) is 6.46. The van der Waals surface area contributed by atoms with Crippen LogP contribution in [0.2, 0.25) is 0 Å². The van der Waals surface area contributed by atoms with Crippen LogP contribution in [0.25, 0.3) is 10.9 Å². The van der Waals surface area contributed by atoms with Crippen molar-refractivity contribution in [2.45, 2.75) is 31.3 Å². The van der Waals surface area contributed by atoms with Crippen molar-refractivity contribution in [2.24, 2.45) is 0 Å². The van der Waals surface area contributed by atoms with Crippen LogP contribution >= 0.6 is 0 Å². The molecule has 7 heteroatoms. The van der Waals surface area contributed by atoms with Crippen LogP contribution in [0.3, 0.4) is 0 Å². The molecule has 0 saturated carbocycles. The maximum Gasteiger partial charge on any atom is 0.251 e. The van der Waals surface area contributed by atoms with Crippen molar-refractivity contribution in [1.29, 1.82) is 0 Å². The summed E-state index contributed by atoms with van der Waals surface area (Å²) in [5, 5.41) is 4.16. The van der Waals surface area contributed by atoms with Gasteiger partial charge >= 0.3 is 0 Å². The molecule has 25 heavy (non-hydrogen) atoms. The van der Waals surface area contributed by atoms with Crippen molar-refractivity contribution < 1.29 is 13.2 Å². The van der Waals surface area contributed by atoms with E-state index in [1.165, 1.54) is 0 Å². The first-order chi connectivity index (χ1) is 12.0. The summed E-state index contributed by atoms with van der Waals surface area (Å²) in [5.74, 6) is 0.571. The van der Waals surface area contributed by atoms with Gasteiger partial charge in [0.05, 0.1) is 11.5 Å². The molecule has 1 aromatic carbocycles. The molecular formula is C18H23N3O3S. The van der Waals surface area contributed by atoms with E-state index in [-0.39, 0.29) is 18.0 Å². The van der Waals surface area contributed by atoms with Crippen molar-refractivity contribution in [1.82, 2.24) is 15.2 Å². The summed E-state index contributed by atoms with van der Waals surface area (Å²) in [7, 11) is -2.84. The van der Waals surface area contributed by atoms with E-state index in [0.29, 0.717) is 17.1 Å². The van der Waals surface area contributed by atoms with Crippen LogP contribution in [0, 0.1) is 0 Å². The zero-order valence-corrected chi connectivity index (χ0v) is 14.9. The Morgan fingerprint density at radius 2 is 1.96 bits per heavy atom. The first kappa shape index (κ1) is 16.6. The van der Waals surface area contributed by atoms with Gasteiger partial charge in [0.15, 0.2) is 9.84 Å². The number of nitrogens with one attached hydrogen (secondary N) is 2. The van der Waals surface area contributed by atoms with Gasteiger partial charge in [0.2, 0.25) is 0 Å². The normalized spacial score (nSPS) is 24.6. The second-order valence-corrected chi connectivity index (χ2v) is 9.35. The molecule has 0 aliphatic carbocycles. The lowest BCUT2D eigenvalue weighted by molar-refractivity contribution is 0.0898. The van der Waals surface area contributed by atoms with Crippen LogP contribution < -0.4 is 5.32 Å². The summed E-state index contributed by atoms with van der Waals surface area (Å²) in [6, 6.07) is 7.95. The van der Waals surface area contributed by atoms with E-state index >= 15 is 0 Å². The Kier molecular flexibility index (Phi) is 4.29. The van der Waals surface area contributed by atoms with Gasteiger partial charge in [-0.2, -0.15) is 0 Å². The minimum atomic E-state index is -2.84. The number of amides is 1. The number of sulfone groups is 1. The Labute approximate surface area is 147 Å². The van der Waals surface area contributed by atoms with Gasteiger partial charge < -0.3 is 10.3 Å². The molecule has 2 N–H and O–H groups in total. The van der Waals surface area contributed by atoms with Crippen LogP contribution in [0.4, 0.5) is 0 Å². The van der Waals surface area contributed by atoms with E-state index in [2.05, 4.69) is 15.2 Å². The molecule has 2 aromatic rings. The summed E-state index contributed by atoms with van der Waals surface area (Å²) < 4.78 is 23.3. The summed E-state index contributed by atoms with van der Waals surface area (Å²) in [6.45, 7) is 1.70. The topological polar surface area (TPSA) is 82.3 Å². The van der Waals surface area contributed by atoms with Gasteiger partial charge in [-0.05, 0) is 43.5 Å². The number of hydrogen-bond donors (Lipinski definition) is 2. The standard InChI is InChI=1S/C18H23N3O3S/c22-18(14-1-2-17-13(11-14)3-7-19-17)20-15-4-8-21(9-5-15)16-6-10-25(23,24)12-16/h1-3,7,11,15-16,19H,4-6,8-10,12H2,(H,20,22)/t16-/m1/s1. The van der Waals surface area contributed by atoms with Gasteiger partial charge in [-0.15, -0.1) is 0 Å². The molecule has 0 bridgehead atoms. The number of rotatable bonds is 3. The summed E-state index contributed by atoms with van der Waals surface area (Å²) in [6.07, 6.45) is 4.35. The van der Waals surface area contributed by atoms with Crippen molar-refractivity contribution in [2.75, 3.05) is 24.6 Å². The number of piperidine rings is 1. The van der Waals surface area contributed by atoms with Crippen molar-refractivity contribution in [3.8, 4) is 0 Å². The van der Waals surface area contributed by atoms with E-state index in [4.69, 9.17) is 0 Å². The monoisotopic (exact) mass is 361 g/mol. The molecule has 0 spiro atoms. The molecule has 3 heterocycles. The largest absolute Gasteiger partial charge is 0.361 e. The quantitative estimate of drug-likeness (QED) is 0.869. The highest BCUT2D eigenvalue weighted by atomic mass is 32.2. The Balaban J connectivity index is 1.33. The van der Waals surface area contributed by atoms with E-state index in [0.717, 1.165) is 43.3 Å². The number of likely N-dealkylation sites (tertiary alicyclic amines) is 1. The van der Waals surface area contributed by atoms with E-state index in [1.807, 2.05) is 30.5 Å². The van der Waals surface area contributed by atoms with E-state index < -0.39 is 9.84 Å². The minimum absolute atomic E-state index is 0.0370. The molecule has 1 amide bonds. The molecule has 1 atom stereocenters. The molecule has 2 aliphatic heterocycles. The van der Waals surface area contributed by atoms with Gasteiger partial charge in [0.1, 0.15) is 0 Å². The third-order valence-corrected chi connectivity index (χ3v) is 7.16. The van der Waals surface area contributed by atoms with E-state index in [1.54, 1.807) is 0 Å². The number of benzene rings is 1. The number of carbonyl (C=O) groups excluding carboxylic acids is 1. The number of nitrogens with zero attached hydrogens (tertiary/aromatic N) is 1. The second-order valence-electron chi connectivity index (χ2n) is 7.12. The highest BCUT2D eigenvalue weighted by Gasteiger charge is 2.34. The van der Waals surface area contributed by atoms with Crippen LogP contribution in [-0.4, -0.2) is 60.9 Å². The van der Waals surface area contributed by atoms with Crippen LogP contribution in [0.15, 0.2) is 30.5 Å². The fourth-order valence-electron chi connectivity index (χ4n) is 3.94. The Morgan fingerprint density at radius 1 is 1.16 bits per heavy atom. The summed E-state index contributed by atoms with van der Waals surface area (Å²) >= 11 is 0. The molecule has 134 valence electrons. The third-order valence-electron chi connectivity index (χ3n) is 5.41. The zero-order chi connectivity index (χ0) is 17.4. The smallest absolute Gasteiger partial charge is 0.251 e. The molecule has 0 unspecified atom stereocenters. The highest BCUT2D eigenvalue weighted by Crippen LogP contribution is 2.22. The molecule has 2 saturated heterocycles. The van der Waals surface area contributed by atoms with Crippen LogP contribution in [0.1, 0.15) is 29.6 Å². The average molecular weight is 361 g/mol. The van der Waals surface area contributed by atoms with Gasteiger partial charge in [-0.3, -0.25) is 9.69 Å². The molecule has 2 fully saturated rings. The Bertz CT molecular complexity index is 882. The SMILES string of the molecule is O=C(NC1CCN([C@@H]2CCS(=O)(=O)C2)CC1)c1ccc2[nH]ccc2c1. The molecule has 2 aliphatic rings. The fourth-order valence-corrected chi connectivity index (χ4v) is 5.70. The van der Waals surface area contributed by atoms with Crippen LogP contribution in [-0.2, 0) is 9.84 Å². The van der Waals surface area contributed by atoms with Gasteiger partial charge in [0.25, 0.3) is 5.91 Å². The lowest BCUT2D eigenvalue weighted by Gasteiger charge is -2.35. The first-order valence-electron chi connectivity index (χ1n) is 8.83.